The Labute approximate surface area is 166 Å². The van der Waals surface area contributed by atoms with E-state index in [9.17, 15) is 4.79 Å². The van der Waals surface area contributed by atoms with Gasteiger partial charge in [0.25, 0.3) is 5.91 Å². The zero-order chi connectivity index (χ0) is 20.1. The van der Waals surface area contributed by atoms with Crippen molar-refractivity contribution in [3.8, 4) is 11.5 Å². The third-order valence-corrected chi connectivity index (χ3v) is 5.23. The van der Waals surface area contributed by atoms with E-state index < -0.39 is 6.10 Å². The van der Waals surface area contributed by atoms with Gasteiger partial charge in [-0.2, -0.15) is 0 Å². The number of hydrogen-bond donors (Lipinski definition) is 1. The summed E-state index contributed by atoms with van der Waals surface area (Å²) < 4.78 is 11.2. The largest absolute Gasteiger partial charge is 0.496 e. The lowest BCUT2D eigenvalue weighted by atomic mass is 10.0. The number of halogens is 1. The van der Waals surface area contributed by atoms with Gasteiger partial charge in [0.1, 0.15) is 11.5 Å². The molecule has 0 heterocycles. The van der Waals surface area contributed by atoms with E-state index in [1.54, 1.807) is 14.0 Å². The van der Waals surface area contributed by atoms with Crippen LogP contribution in [0.2, 0.25) is 5.02 Å². The molecule has 0 fully saturated rings. The maximum absolute atomic E-state index is 12.6. The van der Waals surface area contributed by atoms with Gasteiger partial charge in [-0.25, -0.2) is 0 Å². The summed E-state index contributed by atoms with van der Waals surface area (Å²) in [4.78, 5) is 12.6. The summed E-state index contributed by atoms with van der Waals surface area (Å²) in [5.41, 5.74) is 3.95. The molecule has 2 atom stereocenters. The first-order chi connectivity index (χ1) is 12.8. The lowest BCUT2D eigenvalue weighted by Crippen LogP contribution is -2.38. The Morgan fingerprint density at radius 3 is 2.26 bits per heavy atom. The molecule has 146 valence electrons. The van der Waals surface area contributed by atoms with Crippen molar-refractivity contribution in [2.24, 2.45) is 0 Å². The molecule has 1 amide bonds. The van der Waals surface area contributed by atoms with Gasteiger partial charge in [-0.15, -0.1) is 0 Å². The molecule has 5 heteroatoms. The Morgan fingerprint density at radius 1 is 1.11 bits per heavy atom. The van der Waals surface area contributed by atoms with E-state index in [1.165, 1.54) is 0 Å². The monoisotopic (exact) mass is 389 g/mol. The Morgan fingerprint density at radius 2 is 1.74 bits per heavy atom. The molecule has 2 rings (SSSR count). The molecule has 0 spiro atoms. The Kier molecular flexibility index (Phi) is 7.14. The SMILES string of the molecule is CC[C@@H](NC(=O)[C@H](C)Oc1cc(C)c(Cl)c(C)c1)c1ccc(OC)c(C)c1. The summed E-state index contributed by atoms with van der Waals surface area (Å²) in [5, 5.41) is 3.80. The minimum atomic E-state index is -0.613. The highest BCUT2D eigenvalue weighted by Crippen LogP contribution is 2.27. The van der Waals surface area contributed by atoms with Gasteiger partial charge >= 0.3 is 0 Å². The summed E-state index contributed by atoms with van der Waals surface area (Å²) in [7, 11) is 1.65. The third-order valence-electron chi connectivity index (χ3n) is 4.64. The van der Waals surface area contributed by atoms with Gasteiger partial charge in [-0.3, -0.25) is 4.79 Å². The molecule has 0 radical (unpaired) electrons. The van der Waals surface area contributed by atoms with E-state index in [0.29, 0.717) is 5.75 Å². The standard InChI is InChI=1S/C22H28ClNO3/c1-7-19(17-8-9-20(26-6)13(2)10-17)24-22(25)16(5)27-18-11-14(3)21(23)15(4)12-18/h8-12,16,19H,7H2,1-6H3,(H,24,25)/t16-,19+/m0/s1. The average Bonchev–Trinajstić information content (AvgIpc) is 2.63. The van der Waals surface area contributed by atoms with Crippen LogP contribution in [0.1, 0.15) is 48.6 Å². The molecule has 0 aromatic heterocycles. The highest BCUT2D eigenvalue weighted by molar-refractivity contribution is 6.32. The predicted molar refractivity (Wildman–Crippen MR) is 110 cm³/mol. The van der Waals surface area contributed by atoms with E-state index in [1.807, 2.05) is 58.0 Å². The first kappa shape index (κ1) is 21.1. The number of amides is 1. The number of methoxy groups -OCH3 is 1. The summed E-state index contributed by atoms with van der Waals surface area (Å²) in [5.74, 6) is 1.33. The van der Waals surface area contributed by atoms with Crippen LogP contribution in [0.3, 0.4) is 0 Å². The van der Waals surface area contributed by atoms with Crippen LogP contribution in [0.15, 0.2) is 30.3 Å². The van der Waals surface area contributed by atoms with Crippen molar-refractivity contribution in [1.29, 1.82) is 0 Å². The second-order valence-corrected chi connectivity index (χ2v) is 7.21. The minimum Gasteiger partial charge on any atom is -0.496 e. The van der Waals surface area contributed by atoms with Crippen molar-refractivity contribution in [2.45, 2.75) is 53.2 Å². The van der Waals surface area contributed by atoms with E-state index in [-0.39, 0.29) is 11.9 Å². The number of rotatable bonds is 7. The maximum Gasteiger partial charge on any atom is 0.261 e. The van der Waals surface area contributed by atoms with Gasteiger partial charge in [0.05, 0.1) is 13.2 Å². The molecule has 2 aromatic rings. The van der Waals surface area contributed by atoms with Gasteiger partial charge in [0.15, 0.2) is 6.10 Å². The summed E-state index contributed by atoms with van der Waals surface area (Å²) in [6.07, 6.45) is 0.169. The number of aryl methyl sites for hydroxylation is 3. The molecule has 0 aliphatic carbocycles. The second-order valence-electron chi connectivity index (χ2n) is 6.83. The van der Waals surface area contributed by atoms with Crippen LogP contribution in [0.5, 0.6) is 11.5 Å². The molecule has 0 unspecified atom stereocenters. The average molecular weight is 390 g/mol. The second kappa shape index (κ2) is 9.14. The van der Waals surface area contributed by atoms with Crippen LogP contribution >= 0.6 is 11.6 Å². The maximum atomic E-state index is 12.6. The van der Waals surface area contributed by atoms with Crippen molar-refractivity contribution in [2.75, 3.05) is 7.11 Å². The van der Waals surface area contributed by atoms with Gasteiger partial charge in [0.2, 0.25) is 0 Å². The Hall–Kier alpha value is -2.20. The quantitative estimate of drug-likeness (QED) is 0.698. The fourth-order valence-corrected chi connectivity index (χ4v) is 3.17. The smallest absolute Gasteiger partial charge is 0.261 e. The molecule has 0 aliphatic rings. The number of carbonyl (C=O) groups excluding carboxylic acids is 1. The van der Waals surface area contributed by atoms with Crippen LogP contribution in [0.4, 0.5) is 0 Å². The lowest BCUT2D eigenvalue weighted by Gasteiger charge is -2.22. The number of benzene rings is 2. The van der Waals surface area contributed by atoms with E-state index in [2.05, 4.69) is 5.32 Å². The minimum absolute atomic E-state index is 0.0816. The Balaban J connectivity index is 2.08. The van der Waals surface area contributed by atoms with Crippen LogP contribution in [0, 0.1) is 20.8 Å². The Bertz CT molecular complexity index is 796. The van der Waals surface area contributed by atoms with E-state index in [0.717, 1.165) is 39.4 Å². The molecular formula is C22H28ClNO3. The highest BCUT2D eigenvalue weighted by Gasteiger charge is 2.20. The number of nitrogens with one attached hydrogen (secondary N) is 1. The summed E-state index contributed by atoms with van der Waals surface area (Å²) in [6, 6.07) is 9.58. The van der Waals surface area contributed by atoms with Gasteiger partial charge in [-0.1, -0.05) is 30.7 Å². The summed E-state index contributed by atoms with van der Waals surface area (Å²) >= 11 is 6.19. The van der Waals surface area contributed by atoms with Crippen molar-refractivity contribution >= 4 is 17.5 Å². The number of hydrogen-bond acceptors (Lipinski definition) is 3. The van der Waals surface area contributed by atoms with Crippen LogP contribution < -0.4 is 14.8 Å². The molecule has 0 bridgehead atoms. The lowest BCUT2D eigenvalue weighted by molar-refractivity contribution is -0.128. The fourth-order valence-electron chi connectivity index (χ4n) is 3.06. The van der Waals surface area contributed by atoms with Crippen LogP contribution in [-0.2, 0) is 4.79 Å². The number of ether oxygens (including phenoxy) is 2. The van der Waals surface area contributed by atoms with Crippen LogP contribution in [0.25, 0.3) is 0 Å². The van der Waals surface area contributed by atoms with Crippen molar-refractivity contribution < 1.29 is 14.3 Å². The van der Waals surface area contributed by atoms with E-state index >= 15 is 0 Å². The fraction of sp³-hybridized carbons (Fsp3) is 0.409. The molecule has 1 N–H and O–H groups in total. The molecule has 0 aliphatic heterocycles. The van der Waals surface area contributed by atoms with Crippen molar-refractivity contribution in [3.63, 3.8) is 0 Å². The zero-order valence-electron chi connectivity index (χ0n) is 16.9. The topological polar surface area (TPSA) is 47.6 Å². The van der Waals surface area contributed by atoms with Crippen molar-refractivity contribution in [1.82, 2.24) is 5.32 Å². The van der Waals surface area contributed by atoms with Gasteiger partial charge in [0, 0.05) is 5.02 Å². The van der Waals surface area contributed by atoms with Gasteiger partial charge < -0.3 is 14.8 Å². The highest BCUT2D eigenvalue weighted by atomic mass is 35.5. The first-order valence-electron chi connectivity index (χ1n) is 9.15. The normalized spacial score (nSPS) is 13.0. The molecule has 0 saturated heterocycles. The van der Waals surface area contributed by atoms with Crippen LogP contribution in [-0.4, -0.2) is 19.1 Å². The van der Waals surface area contributed by atoms with E-state index in [4.69, 9.17) is 21.1 Å². The predicted octanol–water partition coefficient (Wildman–Crippen LogP) is 5.31. The number of carbonyl (C=O) groups is 1. The third kappa shape index (κ3) is 5.16. The molecule has 2 aromatic carbocycles. The van der Waals surface area contributed by atoms with Crippen molar-refractivity contribution in [3.05, 3.63) is 57.6 Å². The molecular weight excluding hydrogens is 362 g/mol. The zero-order valence-corrected chi connectivity index (χ0v) is 17.6. The molecule has 0 saturated carbocycles. The molecule has 4 nitrogen and oxygen atoms in total. The first-order valence-corrected chi connectivity index (χ1v) is 9.52. The molecule has 27 heavy (non-hydrogen) atoms. The summed E-state index contributed by atoms with van der Waals surface area (Å²) in [6.45, 7) is 9.63. The van der Waals surface area contributed by atoms with Gasteiger partial charge in [-0.05, 0) is 74.6 Å².